The van der Waals surface area contributed by atoms with Crippen LogP contribution >= 0.6 is 11.6 Å². The van der Waals surface area contributed by atoms with Crippen molar-refractivity contribution in [3.05, 3.63) is 35.5 Å². The predicted octanol–water partition coefficient (Wildman–Crippen LogP) is 3.16. The van der Waals surface area contributed by atoms with Crippen molar-refractivity contribution in [1.82, 2.24) is 9.29 Å². The fourth-order valence-corrected chi connectivity index (χ4v) is 3.56. The van der Waals surface area contributed by atoms with Crippen LogP contribution in [0.25, 0.3) is 10.9 Å². The molecule has 1 heterocycles. The summed E-state index contributed by atoms with van der Waals surface area (Å²) in [6, 6.07) is 8.30. The van der Waals surface area contributed by atoms with Crippen LogP contribution < -0.4 is 0 Å². The maximum atomic E-state index is 12.5. The molecule has 2 aromatic rings. The quantitative estimate of drug-likeness (QED) is 0.815. The fourth-order valence-electron chi connectivity index (χ4n) is 2.03. The van der Waals surface area contributed by atoms with Crippen molar-refractivity contribution >= 4 is 32.5 Å². The number of halogens is 1. The van der Waals surface area contributed by atoms with Crippen molar-refractivity contribution in [2.45, 2.75) is 18.7 Å². The molecule has 0 aliphatic heterocycles. The van der Waals surface area contributed by atoms with Crippen LogP contribution in [0, 0.1) is 5.92 Å². The summed E-state index contributed by atoms with van der Waals surface area (Å²) in [5, 5.41) is 1.15. The Morgan fingerprint density at radius 1 is 1.25 bits per heavy atom. The molecule has 6 heteroatoms. The van der Waals surface area contributed by atoms with Crippen molar-refractivity contribution in [3.8, 4) is 0 Å². The zero-order chi connectivity index (χ0) is 14.9. The lowest BCUT2D eigenvalue weighted by Crippen LogP contribution is -2.30. The lowest BCUT2D eigenvalue weighted by Gasteiger charge is -2.19. The highest BCUT2D eigenvalue weighted by Gasteiger charge is 2.21. The second kappa shape index (κ2) is 5.68. The standard InChI is InChI=1S/C14H17ClN2O2S/c1-10(2)9-17(3)20(18,19)12-5-6-13-11(8-12)4-7-14(15)16-13/h4-8,10H,9H2,1-3H3. The number of pyridine rings is 1. The molecule has 0 atom stereocenters. The highest BCUT2D eigenvalue weighted by atomic mass is 35.5. The van der Waals surface area contributed by atoms with Crippen molar-refractivity contribution in [1.29, 1.82) is 0 Å². The molecule has 2 rings (SSSR count). The predicted molar refractivity (Wildman–Crippen MR) is 81.4 cm³/mol. The third-order valence-electron chi connectivity index (χ3n) is 2.96. The summed E-state index contributed by atoms with van der Waals surface area (Å²) in [4.78, 5) is 4.42. The van der Waals surface area contributed by atoms with Crippen LogP contribution in [0.1, 0.15) is 13.8 Å². The molecule has 0 aliphatic rings. The summed E-state index contributed by atoms with van der Waals surface area (Å²) < 4.78 is 26.3. The van der Waals surface area contributed by atoms with Gasteiger partial charge in [0.05, 0.1) is 10.4 Å². The lowest BCUT2D eigenvalue weighted by atomic mass is 10.2. The minimum Gasteiger partial charge on any atom is -0.236 e. The zero-order valence-electron chi connectivity index (χ0n) is 11.7. The van der Waals surface area contributed by atoms with Crippen molar-refractivity contribution < 1.29 is 8.42 Å². The maximum absolute atomic E-state index is 12.5. The summed E-state index contributed by atoms with van der Waals surface area (Å²) in [5.41, 5.74) is 0.683. The van der Waals surface area contributed by atoms with Crippen LogP contribution in [0.15, 0.2) is 35.2 Å². The van der Waals surface area contributed by atoms with E-state index in [9.17, 15) is 8.42 Å². The van der Waals surface area contributed by atoms with E-state index in [4.69, 9.17) is 11.6 Å². The van der Waals surface area contributed by atoms with Crippen LogP contribution in [0.2, 0.25) is 5.15 Å². The fraction of sp³-hybridized carbons (Fsp3) is 0.357. The van der Waals surface area contributed by atoms with E-state index in [1.165, 1.54) is 4.31 Å². The summed E-state index contributed by atoms with van der Waals surface area (Å²) in [5.74, 6) is 0.274. The number of sulfonamides is 1. The molecule has 0 radical (unpaired) electrons. The summed E-state index contributed by atoms with van der Waals surface area (Å²) in [6.45, 7) is 4.45. The number of fused-ring (bicyclic) bond motifs is 1. The Kier molecular flexibility index (Phi) is 4.32. The van der Waals surface area contributed by atoms with Gasteiger partial charge in [0.2, 0.25) is 10.0 Å². The minimum absolute atomic E-state index is 0.274. The van der Waals surface area contributed by atoms with Gasteiger partial charge in [0.1, 0.15) is 5.15 Å². The zero-order valence-corrected chi connectivity index (χ0v) is 13.2. The molecule has 0 saturated heterocycles. The first-order valence-electron chi connectivity index (χ1n) is 6.33. The highest BCUT2D eigenvalue weighted by Crippen LogP contribution is 2.22. The van der Waals surface area contributed by atoms with E-state index in [2.05, 4.69) is 4.98 Å². The van der Waals surface area contributed by atoms with Gasteiger partial charge < -0.3 is 0 Å². The molecule has 1 aromatic heterocycles. The number of hydrogen-bond donors (Lipinski definition) is 0. The van der Waals surface area contributed by atoms with Crippen LogP contribution in [-0.4, -0.2) is 31.3 Å². The van der Waals surface area contributed by atoms with Crippen LogP contribution in [-0.2, 0) is 10.0 Å². The molecule has 4 nitrogen and oxygen atoms in total. The number of aromatic nitrogens is 1. The van der Waals surface area contributed by atoms with E-state index < -0.39 is 10.0 Å². The van der Waals surface area contributed by atoms with Gasteiger partial charge in [-0.05, 0) is 36.2 Å². The molecule has 1 aromatic carbocycles. The van der Waals surface area contributed by atoms with Crippen molar-refractivity contribution in [2.75, 3.05) is 13.6 Å². The second-order valence-electron chi connectivity index (χ2n) is 5.17. The third kappa shape index (κ3) is 3.11. The Labute approximate surface area is 124 Å². The van der Waals surface area contributed by atoms with E-state index in [-0.39, 0.29) is 10.8 Å². The Balaban J connectivity index is 2.44. The van der Waals surface area contributed by atoms with Crippen LogP contribution in [0.3, 0.4) is 0 Å². The molecular formula is C14H17ClN2O2S. The van der Waals surface area contributed by atoms with Gasteiger partial charge in [-0.25, -0.2) is 17.7 Å². The number of hydrogen-bond acceptors (Lipinski definition) is 3. The molecule has 0 fully saturated rings. The van der Waals surface area contributed by atoms with Gasteiger partial charge in [0, 0.05) is 19.0 Å². The average molecular weight is 313 g/mol. The third-order valence-corrected chi connectivity index (χ3v) is 4.99. The van der Waals surface area contributed by atoms with E-state index in [1.54, 1.807) is 37.4 Å². The highest BCUT2D eigenvalue weighted by molar-refractivity contribution is 7.89. The Hall–Kier alpha value is -1.17. The normalized spacial score (nSPS) is 12.5. The van der Waals surface area contributed by atoms with E-state index >= 15 is 0 Å². The molecule has 0 bridgehead atoms. The smallest absolute Gasteiger partial charge is 0.236 e. The Morgan fingerprint density at radius 3 is 2.60 bits per heavy atom. The largest absolute Gasteiger partial charge is 0.242 e. The minimum atomic E-state index is -3.46. The van der Waals surface area contributed by atoms with Gasteiger partial charge in [-0.2, -0.15) is 0 Å². The van der Waals surface area contributed by atoms with Crippen LogP contribution in [0.5, 0.6) is 0 Å². The molecule has 0 aliphatic carbocycles. The van der Waals surface area contributed by atoms with Gasteiger partial charge in [-0.3, -0.25) is 0 Å². The molecule has 0 spiro atoms. The Morgan fingerprint density at radius 2 is 1.95 bits per heavy atom. The number of nitrogens with zero attached hydrogens (tertiary/aromatic N) is 2. The van der Waals surface area contributed by atoms with Crippen molar-refractivity contribution in [2.24, 2.45) is 5.92 Å². The van der Waals surface area contributed by atoms with Crippen molar-refractivity contribution in [3.63, 3.8) is 0 Å². The lowest BCUT2D eigenvalue weighted by molar-refractivity contribution is 0.417. The monoisotopic (exact) mass is 312 g/mol. The molecule has 108 valence electrons. The molecule has 0 amide bonds. The molecule has 0 N–H and O–H groups in total. The molecule has 20 heavy (non-hydrogen) atoms. The first kappa shape index (κ1) is 15.2. The summed E-state index contributed by atoms with van der Waals surface area (Å²) >= 11 is 5.82. The molecule has 0 saturated carbocycles. The van der Waals surface area contributed by atoms with E-state index in [0.717, 1.165) is 5.39 Å². The summed E-state index contributed by atoms with van der Waals surface area (Å²) in [7, 11) is -1.87. The topological polar surface area (TPSA) is 50.3 Å². The van der Waals surface area contributed by atoms with Gasteiger partial charge >= 0.3 is 0 Å². The van der Waals surface area contributed by atoms with Gasteiger partial charge in [-0.15, -0.1) is 0 Å². The van der Waals surface area contributed by atoms with E-state index in [1.807, 2.05) is 13.8 Å². The van der Waals surface area contributed by atoms with Gasteiger partial charge in [-0.1, -0.05) is 25.4 Å². The first-order valence-corrected chi connectivity index (χ1v) is 8.15. The van der Waals surface area contributed by atoms with Crippen LogP contribution in [0.4, 0.5) is 0 Å². The molecule has 0 unspecified atom stereocenters. The number of rotatable bonds is 4. The maximum Gasteiger partial charge on any atom is 0.242 e. The average Bonchev–Trinajstić information content (AvgIpc) is 2.37. The number of benzene rings is 1. The van der Waals surface area contributed by atoms with Gasteiger partial charge in [0.25, 0.3) is 0 Å². The molecular weight excluding hydrogens is 296 g/mol. The SMILES string of the molecule is CC(C)CN(C)S(=O)(=O)c1ccc2nc(Cl)ccc2c1. The second-order valence-corrected chi connectivity index (χ2v) is 7.60. The Bertz CT molecular complexity index is 729. The van der Waals surface area contributed by atoms with E-state index in [0.29, 0.717) is 17.2 Å². The first-order chi connectivity index (χ1) is 9.30. The van der Waals surface area contributed by atoms with Gasteiger partial charge in [0.15, 0.2) is 0 Å². The summed E-state index contributed by atoms with van der Waals surface area (Å²) in [6.07, 6.45) is 0.